The lowest BCUT2D eigenvalue weighted by Gasteiger charge is -2.16. The molecule has 0 aliphatic heterocycles. The maximum Gasteiger partial charge on any atom is 0.119 e. The summed E-state index contributed by atoms with van der Waals surface area (Å²) in [7, 11) is 5.64. The summed E-state index contributed by atoms with van der Waals surface area (Å²) >= 11 is 0. The predicted octanol–water partition coefficient (Wildman–Crippen LogP) is 2.23. The van der Waals surface area contributed by atoms with Crippen LogP contribution in [0, 0.1) is 0 Å². The Kier molecular flexibility index (Phi) is 4.35. The van der Waals surface area contributed by atoms with Crippen LogP contribution in [0.3, 0.4) is 0 Å². The molecule has 0 bridgehead atoms. The van der Waals surface area contributed by atoms with E-state index >= 15 is 0 Å². The van der Waals surface area contributed by atoms with Gasteiger partial charge in [-0.1, -0.05) is 0 Å². The highest BCUT2D eigenvalue weighted by molar-refractivity contribution is 5.83. The van der Waals surface area contributed by atoms with Crippen molar-refractivity contribution < 1.29 is 9.84 Å². The number of pyridine rings is 1. The fraction of sp³-hybridized carbons (Fsp3) is 0.400. The molecule has 4 nitrogen and oxygen atoms in total. The van der Waals surface area contributed by atoms with Crippen LogP contribution in [0.25, 0.3) is 10.9 Å². The number of aromatic nitrogens is 1. The third-order valence-corrected chi connectivity index (χ3v) is 3.19. The molecule has 1 aromatic carbocycles. The highest BCUT2D eigenvalue weighted by atomic mass is 16.5. The summed E-state index contributed by atoms with van der Waals surface area (Å²) in [6.45, 7) is 0.842. The van der Waals surface area contributed by atoms with E-state index in [1.165, 1.54) is 0 Å². The van der Waals surface area contributed by atoms with Crippen LogP contribution in [0.5, 0.6) is 5.75 Å². The van der Waals surface area contributed by atoms with Crippen LogP contribution in [0.4, 0.5) is 0 Å². The molecule has 4 heteroatoms. The molecular formula is C15H20N2O2. The molecule has 0 saturated heterocycles. The maximum absolute atomic E-state index is 10.3. The Bertz CT molecular complexity index is 555. The monoisotopic (exact) mass is 260 g/mol. The Hall–Kier alpha value is -1.65. The molecule has 0 fully saturated rings. The van der Waals surface area contributed by atoms with Crippen LogP contribution in [0.15, 0.2) is 30.5 Å². The van der Waals surface area contributed by atoms with Crippen LogP contribution in [-0.4, -0.2) is 42.7 Å². The van der Waals surface area contributed by atoms with E-state index < -0.39 is 6.10 Å². The number of aliphatic hydroxyl groups excluding tert-OH is 1. The maximum atomic E-state index is 10.3. The van der Waals surface area contributed by atoms with Crippen molar-refractivity contribution in [1.29, 1.82) is 0 Å². The Balaban J connectivity index is 2.35. The summed E-state index contributed by atoms with van der Waals surface area (Å²) in [6, 6.07) is 7.60. The van der Waals surface area contributed by atoms with Gasteiger partial charge in [0.25, 0.3) is 0 Å². The zero-order chi connectivity index (χ0) is 13.8. The predicted molar refractivity (Wildman–Crippen MR) is 76.4 cm³/mol. The van der Waals surface area contributed by atoms with E-state index in [1.807, 2.05) is 38.4 Å². The molecule has 0 radical (unpaired) electrons. The molecule has 1 heterocycles. The van der Waals surface area contributed by atoms with Gasteiger partial charge in [-0.3, -0.25) is 4.98 Å². The first-order valence-electron chi connectivity index (χ1n) is 6.37. The van der Waals surface area contributed by atoms with Gasteiger partial charge in [0.05, 0.1) is 18.7 Å². The fourth-order valence-electron chi connectivity index (χ4n) is 2.10. The number of methoxy groups -OCH3 is 1. The third kappa shape index (κ3) is 3.22. The van der Waals surface area contributed by atoms with E-state index in [0.717, 1.165) is 28.8 Å². The number of hydrogen-bond acceptors (Lipinski definition) is 4. The summed E-state index contributed by atoms with van der Waals surface area (Å²) < 4.78 is 5.24. The molecule has 2 aromatic rings. The lowest BCUT2D eigenvalue weighted by molar-refractivity contribution is 0.155. The van der Waals surface area contributed by atoms with Crippen molar-refractivity contribution in [2.24, 2.45) is 0 Å². The van der Waals surface area contributed by atoms with Crippen molar-refractivity contribution in [1.82, 2.24) is 9.88 Å². The number of nitrogens with zero attached hydrogens (tertiary/aromatic N) is 2. The number of rotatable bonds is 5. The van der Waals surface area contributed by atoms with Crippen molar-refractivity contribution in [3.05, 3.63) is 36.0 Å². The first kappa shape index (κ1) is 13.8. The van der Waals surface area contributed by atoms with Gasteiger partial charge in [0.15, 0.2) is 0 Å². The fourth-order valence-corrected chi connectivity index (χ4v) is 2.10. The lowest BCUT2D eigenvalue weighted by atomic mass is 10.0. The van der Waals surface area contributed by atoms with Gasteiger partial charge in [-0.15, -0.1) is 0 Å². The summed E-state index contributed by atoms with van der Waals surface area (Å²) in [5, 5.41) is 11.3. The minimum absolute atomic E-state index is 0.486. The second kappa shape index (κ2) is 5.99. The summed E-state index contributed by atoms with van der Waals surface area (Å²) in [5.41, 5.74) is 1.79. The number of fused-ring (bicyclic) bond motifs is 1. The van der Waals surface area contributed by atoms with Gasteiger partial charge < -0.3 is 14.7 Å². The highest BCUT2D eigenvalue weighted by Gasteiger charge is 2.12. The number of hydrogen-bond donors (Lipinski definition) is 1. The molecule has 1 unspecified atom stereocenters. The molecule has 0 aliphatic rings. The molecule has 0 amide bonds. The number of ether oxygens (including phenoxy) is 1. The lowest BCUT2D eigenvalue weighted by Crippen LogP contribution is -2.16. The van der Waals surface area contributed by atoms with Gasteiger partial charge in [0.1, 0.15) is 5.75 Å². The van der Waals surface area contributed by atoms with Gasteiger partial charge in [-0.2, -0.15) is 0 Å². The highest BCUT2D eigenvalue weighted by Crippen LogP contribution is 2.28. The van der Waals surface area contributed by atoms with Crippen molar-refractivity contribution in [3.8, 4) is 5.75 Å². The van der Waals surface area contributed by atoms with Crippen molar-refractivity contribution in [2.75, 3.05) is 27.7 Å². The molecule has 2 rings (SSSR count). The first-order valence-corrected chi connectivity index (χ1v) is 6.37. The number of aliphatic hydroxyl groups is 1. The molecule has 19 heavy (non-hydrogen) atoms. The Morgan fingerprint density at radius 2 is 2.11 bits per heavy atom. The Morgan fingerprint density at radius 1 is 1.32 bits per heavy atom. The first-order chi connectivity index (χ1) is 9.11. The van der Waals surface area contributed by atoms with E-state index in [1.54, 1.807) is 13.3 Å². The topological polar surface area (TPSA) is 45.6 Å². The van der Waals surface area contributed by atoms with E-state index in [4.69, 9.17) is 4.74 Å². The molecule has 1 N–H and O–H groups in total. The summed E-state index contributed by atoms with van der Waals surface area (Å²) in [6.07, 6.45) is 1.95. The van der Waals surface area contributed by atoms with Gasteiger partial charge >= 0.3 is 0 Å². The molecule has 0 saturated carbocycles. The van der Waals surface area contributed by atoms with E-state index in [9.17, 15) is 5.11 Å². The minimum Gasteiger partial charge on any atom is -0.497 e. The van der Waals surface area contributed by atoms with E-state index in [-0.39, 0.29) is 0 Å². The summed E-state index contributed by atoms with van der Waals surface area (Å²) in [4.78, 5) is 6.38. The molecule has 0 spiro atoms. The zero-order valence-corrected chi connectivity index (χ0v) is 11.6. The molecule has 0 aliphatic carbocycles. The van der Waals surface area contributed by atoms with Gasteiger partial charge in [-0.25, -0.2) is 0 Å². The molecular weight excluding hydrogens is 240 g/mol. The Labute approximate surface area is 113 Å². The smallest absolute Gasteiger partial charge is 0.119 e. The third-order valence-electron chi connectivity index (χ3n) is 3.19. The van der Waals surface area contributed by atoms with Crippen LogP contribution in [0.1, 0.15) is 18.1 Å². The second-order valence-electron chi connectivity index (χ2n) is 4.89. The molecule has 1 aromatic heterocycles. The standard InChI is InChI=1S/C15H20N2O2/c1-17(2)9-7-15(18)12-6-8-16-14-5-4-11(19-3)10-13(12)14/h4-6,8,10,15,18H,7,9H2,1-3H3. The van der Waals surface area contributed by atoms with Crippen LogP contribution in [0.2, 0.25) is 0 Å². The normalized spacial score (nSPS) is 12.9. The average Bonchev–Trinajstić information content (AvgIpc) is 2.43. The molecule has 1 atom stereocenters. The largest absolute Gasteiger partial charge is 0.497 e. The van der Waals surface area contributed by atoms with Crippen molar-refractivity contribution in [3.63, 3.8) is 0 Å². The van der Waals surface area contributed by atoms with Gasteiger partial charge in [-0.05, 0) is 50.3 Å². The van der Waals surface area contributed by atoms with Crippen molar-refractivity contribution in [2.45, 2.75) is 12.5 Å². The van der Waals surface area contributed by atoms with Gasteiger partial charge in [0.2, 0.25) is 0 Å². The average molecular weight is 260 g/mol. The number of benzene rings is 1. The van der Waals surface area contributed by atoms with Gasteiger partial charge in [0, 0.05) is 18.1 Å². The second-order valence-corrected chi connectivity index (χ2v) is 4.89. The Morgan fingerprint density at radius 3 is 2.79 bits per heavy atom. The van der Waals surface area contributed by atoms with Crippen LogP contribution >= 0.6 is 0 Å². The quantitative estimate of drug-likeness (QED) is 0.895. The molecule has 102 valence electrons. The van der Waals surface area contributed by atoms with Crippen LogP contribution in [-0.2, 0) is 0 Å². The van der Waals surface area contributed by atoms with Crippen LogP contribution < -0.4 is 4.74 Å². The van der Waals surface area contributed by atoms with E-state index in [2.05, 4.69) is 9.88 Å². The zero-order valence-electron chi connectivity index (χ0n) is 11.6. The minimum atomic E-state index is -0.486. The van der Waals surface area contributed by atoms with Crippen molar-refractivity contribution >= 4 is 10.9 Å². The van der Waals surface area contributed by atoms with E-state index in [0.29, 0.717) is 6.42 Å². The SMILES string of the molecule is COc1ccc2nccc(C(O)CCN(C)C)c2c1. The summed E-state index contributed by atoms with van der Waals surface area (Å²) in [5.74, 6) is 0.779.